The van der Waals surface area contributed by atoms with E-state index in [9.17, 15) is 28.9 Å². The second kappa shape index (κ2) is 57.8. The minimum absolute atomic E-state index is 0.151. The third kappa shape index (κ3) is 55.4. The van der Waals surface area contributed by atoms with Gasteiger partial charge in [0.1, 0.15) is 12.7 Å². The molecule has 0 aromatic carbocycles. The number of esters is 3. The molecule has 0 spiro atoms. The van der Waals surface area contributed by atoms with Crippen molar-refractivity contribution in [2.24, 2.45) is 0 Å². The van der Waals surface area contributed by atoms with Crippen molar-refractivity contribution in [3.05, 3.63) is 85.1 Å². The topological polar surface area (TPSA) is 155 Å². The molecular formula is C64H111O11P. The van der Waals surface area contributed by atoms with E-state index < -0.39 is 57.8 Å². The first-order chi connectivity index (χ1) is 37.2. The van der Waals surface area contributed by atoms with Gasteiger partial charge in [0, 0.05) is 19.3 Å². The van der Waals surface area contributed by atoms with Crippen LogP contribution in [-0.2, 0) is 42.2 Å². The van der Waals surface area contributed by atoms with E-state index in [1.807, 2.05) is 0 Å². The normalized spacial score (nSPS) is 13.9. The number of unbranched alkanes of at least 4 members (excludes halogenated alkanes) is 25. The summed E-state index contributed by atoms with van der Waals surface area (Å²) in [5.41, 5.74) is 0. The van der Waals surface area contributed by atoms with Crippen LogP contribution in [0, 0.1) is 0 Å². The molecule has 0 saturated heterocycles. The molecule has 0 aliphatic carbocycles. The molecule has 438 valence electrons. The summed E-state index contributed by atoms with van der Waals surface area (Å²) in [6.45, 7) is 4.47. The molecule has 3 atom stereocenters. The third-order valence-electron chi connectivity index (χ3n) is 12.8. The smallest absolute Gasteiger partial charge is 0.462 e. The molecule has 0 rings (SSSR count). The second-order valence-corrected chi connectivity index (χ2v) is 21.6. The van der Waals surface area contributed by atoms with E-state index in [0.717, 1.165) is 135 Å². The monoisotopic (exact) mass is 1090 g/mol. The largest absolute Gasteiger partial charge is 0.472 e. The van der Waals surface area contributed by atoms with Crippen LogP contribution in [0.2, 0.25) is 0 Å². The Hall–Kier alpha value is -3.34. The molecule has 11 nitrogen and oxygen atoms in total. The second-order valence-electron chi connectivity index (χ2n) is 20.1. The quantitative estimate of drug-likeness (QED) is 0.0197. The Morgan fingerprint density at radius 3 is 1.05 bits per heavy atom. The summed E-state index contributed by atoms with van der Waals surface area (Å²) >= 11 is 0. The molecule has 0 heterocycles. The molecule has 0 radical (unpaired) electrons. The number of phosphoric ester groups is 1. The van der Waals surface area contributed by atoms with Crippen molar-refractivity contribution >= 4 is 25.7 Å². The fourth-order valence-corrected chi connectivity index (χ4v) is 8.92. The number of hydrogen-bond acceptors (Lipinski definition) is 10. The zero-order chi connectivity index (χ0) is 55.5. The van der Waals surface area contributed by atoms with Crippen LogP contribution in [0.4, 0.5) is 0 Å². The van der Waals surface area contributed by atoms with Gasteiger partial charge in [0.25, 0.3) is 0 Å². The van der Waals surface area contributed by atoms with E-state index in [1.54, 1.807) is 0 Å². The van der Waals surface area contributed by atoms with E-state index in [4.69, 9.17) is 23.3 Å². The SMILES string of the molecule is CC/C=C\C/C=C\C/C=C\CCCCCCCCCC(=O)OC(COC(=O)CCCCCCCCC/C=C\C/C=C\CCCCC)COP(=O)(O)OCC(CO)OC(=O)CCCCCCC/C=C\C/C=C\CCCCC. The summed E-state index contributed by atoms with van der Waals surface area (Å²) < 4.78 is 39.6. The molecule has 0 aliphatic heterocycles. The number of aliphatic hydroxyl groups excluding tert-OH is 1. The van der Waals surface area contributed by atoms with Crippen LogP contribution in [-0.4, -0.2) is 66.5 Å². The molecule has 0 saturated carbocycles. The van der Waals surface area contributed by atoms with E-state index in [0.29, 0.717) is 19.3 Å². The predicted octanol–water partition coefficient (Wildman–Crippen LogP) is 18.3. The fraction of sp³-hybridized carbons (Fsp3) is 0.734. The first kappa shape index (κ1) is 72.7. The zero-order valence-corrected chi connectivity index (χ0v) is 49.3. The summed E-state index contributed by atoms with van der Waals surface area (Å²) in [6, 6.07) is 0. The van der Waals surface area contributed by atoms with E-state index in [2.05, 4.69) is 106 Å². The number of aliphatic hydroxyl groups is 1. The lowest BCUT2D eigenvalue weighted by molar-refractivity contribution is -0.161. The van der Waals surface area contributed by atoms with Gasteiger partial charge in [-0.1, -0.05) is 215 Å². The fourth-order valence-electron chi connectivity index (χ4n) is 8.14. The van der Waals surface area contributed by atoms with Crippen molar-refractivity contribution in [2.75, 3.05) is 26.4 Å². The van der Waals surface area contributed by atoms with Gasteiger partial charge < -0.3 is 24.2 Å². The van der Waals surface area contributed by atoms with Crippen molar-refractivity contribution in [2.45, 2.75) is 277 Å². The molecular weight excluding hydrogens is 976 g/mol. The Bertz CT molecular complexity index is 1600. The highest BCUT2D eigenvalue weighted by atomic mass is 31.2. The van der Waals surface area contributed by atoms with Crippen molar-refractivity contribution in [3.8, 4) is 0 Å². The van der Waals surface area contributed by atoms with Gasteiger partial charge in [-0.3, -0.25) is 23.4 Å². The molecule has 0 fully saturated rings. The maximum atomic E-state index is 12.9. The number of hydrogen-bond donors (Lipinski definition) is 2. The number of rotatable bonds is 56. The minimum Gasteiger partial charge on any atom is -0.462 e. The highest BCUT2D eigenvalue weighted by Gasteiger charge is 2.28. The lowest BCUT2D eigenvalue weighted by atomic mass is 10.1. The number of allylic oxidation sites excluding steroid dienone is 14. The van der Waals surface area contributed by atoms with Crippen molar-refractivity contribution in [3.63, 3.8) is 0 Å². The van der Waals surface area contributed by atoms with Crippen LogP contribution in [0.15, 0.2) is 85.1 Å². The Labute approximate surface area is 464 Å². The van der Waals surface area contributed by atoms with Gasteiger partial charge in [-0.25, -0.2) is 4.57 Å². The molecule has 3 unspecified atom stereocenters. The molecule has 12 heteroatoms. The highest BCUT2D eigenvalue weighted by molar-refractivity contribution is 7.47. The summed E-state index contributed by atoms with van der Waals surface area (Å²) in [6.07, 6.45) is 66.7. The molecule has 0 bridgehead atoms. The minimum atomic E-state index is -4.76. The lowest BCUT2D eigenvalue weighted by Gasteiger charge is -2.21. The first-order valence-electron chi connectivity index (χ1n) is 30.5. The molecule has 76 heavy (non-hydrogen) atoms. The number of carbonyl (C=O) groups excluding carboxylic acids is 3. The van der Waals surface area contributed by atoms with Gasteiger partial charge in [0.05, 0.1) is 19.8 Å². The first-order valence-corrected chi connectivity index (χ1v) is 32.0. The van der Waals surface area contributed by atoms with Gasteiger partial charge in [-0.15, -0.1) is 0 Å². The number of ether oxygens (including phenoxy) is 3. The van der Waals surface area contributed by atoms with Crippen LogP contribution in [0.3, 0.4) is 0 Å². The zero-order valence-electron chi connectivity index (χ0n) is 48.5. The molecule has 0 aromatic rings. The molecule has 0 aromatic heterocycles. The maximum Gasteiger partial charge on any atom is 0.472 e. The predicted molar refractivity (Wildman–Crippen MR) is 316 cm³/mol. The number of carbonyl (C=O) groups is 3. The van der Waals surface area contributed by atoms with Crippen LogP contribution in [0.1, 0.15) is 265 Å². The van der Waals surface area contributed by atoms with Crippen molar-refractivity contribution in [1.29, 1.82) is 0 Å². The van der Waals surface area contributed by atoms with Gasteiger partial charge in [0.15, 0.2) is 6.10 Å². The standard InChI is InChI=1S/C64H111O11P/c1-4-7-10-13-16-19-22-25-28-30-33-35-38-41-44-47-50-53-62(66)71-57-61(75-64(68)55-52-49-46-43-40-37-34-31-29-26-23-20-17-14-11-8-5-2)59-73-76(69,70)72-58-60(56-65)74-63(67)54-51-48-45-42-39-36-32-27-24-21-18-15-12-9-6-3/h8,11,16-21,25-29,32,60-61,65H,4-7,9-10,12-15,22-24,30-31,33-59H2,1-3H3,(H,69,70)/b11-8-,19-16-,20-17-,21-18-,28-25-,29-26-,32-27-. The highest BCUT2D eigenvalue weighted by Crippen LogP contribution is 2.43. The van der Waals surface area contributed by atoms with Crippen LogP contribution in [0.5, 0.6) is 0 Å². The average molecular weight is 1090 g/mol. The number of phosphoric acid groups is 1. The Morgan fingerprint density at radius 2 is 0.684 bits per heavy atom. The molecule has 0 aliphatic rings. The van der Waals surface area contributed by atoms with Gasteiger partial charge in [-0.05, 0) is 116 Å². The average Bonchev–Trinajstić information content (AvgIpc) is 3.41. The van der Waals surface area contributed by atoms with Gasteiger partial charge >= 0.3 is 25.7 Å². The Balaban J connectivity index is 4.75. The Kier molecular flexibility index (Phi) is 55.3. The summed E-state index contributed by atoms with van der Waals surface area (Å²) in [4.78, 5) is 48.7. The Morgan fingerprint density at radius 1 is 0.382 bits per heavy atom. The summed E-state index contributed by atoms with van der Waals surface area (Å²) in [7, 11) is -4.76. The van der Waals surface area contributed by atoms with Gasteiger partial charge in [0.2, 0.25) is 0 Å². The summed E-state index contributed by atoms with van der Waals surface area (Å²) in [5, 5.41) is 9.83. The van der Waals surface area contributed by atoms with E-state index in [1.165, 1.54) is 70.6 Å². The van der Waals surface area contributed by atoms with Crippen molar-refractivity contribution < 1.29 is 52.2 Å². The molecule has 0 amide bonds. The van der Waals surface area contributed by atoms with Crippen LogP contribution >= 0.6 is 7.82 Å². The van der Waals surface area contributed by atoms with E-state index in [-0.39, 0.29) is 25.9 Å². The maximum absolute atomic E-state index is 12.9. The lowest BCUT2D eigenvalue weighted by Crippen LogP contribution is -2.30. The van der Waals surface area contributed by atoms with Crippen molar-refractivity contribution in [1.82, 2.24) is 0 Å². The van der Waals surface area contributed by atoms with Crippen LogP contribution in [0.25, 0.3) is 0 Å². The van der Waals surface area contributed by atoms with Gasteiger partial charge in [-0.2, -0.15) is 0 Å². The van der Waals surface area contributed by atoms with E-state index >= 15 is 0 Å². The molecule has 2 N–H and O–H groups in total. The summed E-state index contributed by atoms with van der Waals surface area (Å²) in [5.74, 6) is -1.50. The third-order valence-corrected chi connectivity index (χ3v) is 13.7. The van der Waals surface area contributed by atoms with Crippen LogP contribution < -0.4 is 0 Å².